The Morgan fingerprint density at radius 1 is 0.903 bits per heavy atom. The van der Waals surface area contributed by atoms with Gasteiger partial charge in [-0.2, -0.15) is 23.5 Å². The number of carbonyl (C=O) groups excluding carboxylic acids is 3. The number of hydrogen-bond acceptors (Lipinski definition) is 6. The van der Waals surface area contributed by atoms with Crippen molar-refractivity contribution in [2.45, 2.75) is 86.0 Å². The second-order valence-electron chi connectivity index (χ2n) is 8.69. The fourth-order valence-corrected chi connectivity index (χ4v) is 8.17. The molecule has 0 aliphatic carbocycles. The maximum absolute atomic E-state index is 12.8. The first-order valence-corrected chi connectivity index (χ1v) is 13.2. The summed E-state index contributed by atoms with van der Waals surface area (Å²) in [6.45, 7) is 0. The lowest BCUT2D eigenvalue weighted by Crippen LogP contribution is -2.41. The normalized spacial score (nSPS) is 33.6. The number of fused-ring (bicyclic) bond motifs is 2. The van der Waals surface area contributed by atoms with Crippen LogP contribution < -0.4 is 16.0 Å². The van der Waals surface area contributed by atoms with Crippen molar-refractivity contribution in [3.63, 3.8) is 0 Å². The van der Waals surface area contributed by atoms with E-state index < -0.39 is 5.97 Å². The predicted molar refractivity (Wildman–Crippen MR) is 119 cm³/mol. The number of imide groups is 1. The van der Waals surface area contributed by atoms with Gasteiger partial charge in [0.05, 0.1) is 24.2 Å². The Bertz CT molecular complexity index is 738. The average Bonchev–Trinajstić information content (AvgIpc) is 3.44. The molecule has 4 fully saturated rings. The van der Waals surface area contributed by atoms with Gasteiger partial charge in [0.1, 0.15) is 0 Å². The molecule has 0 aromatic carbocycles. The van der Waals surface area contributed by atoms with Crippen molar-refractivity contribution in [2.24, 2.45) is 0 Å². The number of nitrogens with zero attached hydrogens (tertiary/aromatic N) is 1. The fourth-order valence-electron chi connectivity index (χ4n) is 5.03. The number of hydrogen-bond donors (Lipinski definition) is 4. The second kappa shape index (κ2) is 9.89. The van der Waals surface area contributed by atoms with Crippen molar-refractivity contribution < 1.29 is 24.3 Å². The number of thioether (sulfide) groups is 2. The summed E-state index contributed by atoms with van der Waals surface area (Å²) < 4.78 is 0. The monoisotopic (exact) mass is 470 g/mol. The number of nitrogens with one attached hydrogen (secondary N) is 3. The van der Waals surface area contributed by atoms with E-state index in [1.807, 2.05) is 11.8 Å². The molecule has 5 amide bonds. The van der Waals surface area contributed by atoms with Gasteiger partial charge in [0.15, 0.2) is 0 Å². The summed E-state index contributed by atoms with van der Waals surface area (Å²) in [5.74, 6) is 0.788. The Hall–Kier alpha value is -1.62. The summed E-state index contributed by atoms with van der Waals surface area (Å²) in [5.41, 5.74) is 0. The number of carboxylic acids is 1. The van der Waals surface area contributed by atoms with E-state index in [0.29, 0.717) is 18.1 Å². The minimum absolute atomic E-state index is 0.0309. The molecule has 172 valence electrons. The minimum Gasteiger partial charge on any atom is -0.481 e. The summed E-state index contributed by atoms with van der Waals surface area (Å²) in [5, 5.41) is 18.3. The third-order valence-electron chi connectivity index (χ3n) is 6.60. The molecule has 4 saturated heterocycles. The highest BCUT2D eigenvalue weighted by molar-refractivity contribution is 8.00. The maximum Gasteiger partial charge on any atom is 0.324 e. The largest absolute Gasteiger partial charge is 0.481 e. The molecule has 4 aliphatic rings. The lowest BCUT2D eigenvalue weighted by Gasteiger charge is -2.20. The van der Waals surface area contributed by atoms with Crippen LogP contribution in [-0.2, 0) is 9.59 Å². The van der Waals surface area contributed by atoms with Gasteiger partial charge in [-0.05, 0) is 25.7 Å². The molecule has 4 aliphatic heterocycles. The van der Waals surface area contributed by atoms with Crippen molar-refractivity contribution in [1.82, 2.24) is 20.9 Å². The zero-order valence-electron chi connectivity index (χ0n) is 17.4. The zero-order chi connectivity index (χ0) is 22.0. The number of unbranched alkanes of at least 4 members (excludes halogenated alkanes) is 2. The van der Waals surface area contributed by atoms with Crippen molar-refractivity contribution in [3.05, 3.63) is 0 Å². The molecule has 0 unspecified atom stereocenters. The van der Waals surface area contributed by atoms with E-state index in [2.05, 4.69) is 16.0 Å². The summed E-state index contributed by atoms with van der Waals surface area (Å²) in [4.78, 5) is 48.8. The van der Waals surface area contributed by atoms with Crippen molar-refractivity contribution in [1.29, 1.82) is 0 Å². The standard InChI is InChI=1S/C20H30N4O5S2/c25-15(7-3-1-5-13-17-11(9-30-13)21-19(28)22-17)24-12-10-31-14(18(12)23-20(24)29)6-2-4-8-16(26)27/h11-14,17-18H,1-10H2,(H,23,29)(H,26,27)(H2,21,22,28)/t11-,12-,13-,14-,17-,18-/m0/s1. The summed E-state index contributed by atoms with van der Waals surface area (Å²) in [7, 11) is 0. The third-order valence-corrected chi connectivity index (χ3v) is 9.60. The molecule has 11 heteroatoms. The molecule has 4 heterocycles. The Morgan fingerprint density at radius 3 is 2.32 bits per heavy atom. The third kappa shape index (κ3) is 5.08. The van der Waals surface area contributed by atoms with Gasteiger partial charge in [-0.1, -0.05) is 12.8 Å². The quantitative estimate of drug-likeness (QED) is 0.283. The Morgan fingerprint density at radius 2 is 1.58 bits per heavy atom. The van der Waals surface area contributed by atoms with E-state index in [1.165, 1.54) is 4.90 Å². The van der Waals surface area contributed by atoms with Crippen LogP contribution in [0, 0.1) is 0 Å². The molecule has 0 radical (unpaired) electrons. The fraction of sp³-hybridized carbons (Fsp3) is 0.800. The van der Waals surface area contributed by atoms with Gasteiger partial charge < -0.3 is 21.1 Å². The number of carboxylic acid groups (broad SMARTS) is 1. The number of amides is 5. The average molecular weight is 471 g/mol. The van der Waals surface area contributed by atoms with Crippen molar-refractivity contribution >= 4 is 47.5 Å². The molecule has 31 heavy (non-hydrogen) atoms. The van der Waals surface area contributed by atoms with E-state index in [0.717, 1.165) is 43.6 Å². The van der Waals surface area contributed by atoms with Crippen LogP contribution in [0.1, 0.15) is 51.4 Å². The first kappa shape index (κ1) is 22.6. The number of urea groups is 2. The summed E-state index contributed by atoms with van der Waals surface area (Å²) >= 11 is 3.64. The van der Waals surface area contributed by atoms with E-state index in [9.17, 15) is 19.2 Å². The summed E-state index contributed by atoms with van der Waals surface area (Å²) in [6.07, 6.45) is 5.43. The number of rotatable bonds is 10. The lowest BCUT2D eigenvalue weighted by atomic mass is 10.0. The van der Waals surface area contributed by atoms with Gasteiger partial charge in [-0.25, -0.2) is 9.59 Å². The topological polar surface area (TPSA) is 128 Å². The molecule has 0 aromatic heterocycles. The van der Waals surface area contributed by atoms with Crippen LogP contribution in [0.25, 0.3) is 0 Å². The van der Waals surface area contributed by atoms with Gasteiger partial charge in [-0.3, -0.25) is 14.5 Å². The van der Waals surface area contributed by atoms with E-state index in [4.69, 9.17) is 5.11 Å². The van der Waals surface area contributed by atoms with Gasteiger partial charge in [-0.15, -0.1) is 0 Å². The molecule has 0 aromatic rings. The van der Waals surface area contributed by atoms with Crippen molar-refractivity contribution in [3.8, 4) is 0 Å². The molecule has 0 spiro atoms. The van der Waals surface area contributed by atoms with Crippen LogP contribution in [0.3, 0.4) is 0 Å². The number of carbonyl (C=O) groups is 4. The van der Waals surface area contributed by atoms with Gasteiger partial charge in [0, 0.05) is 34.8 Å². The van der Waals surface area contributed by atoms with Crippen LogP contribution in [0.5, 0.6) is 0 Å². The van der Waals surface area contributed by atoms with Crippen LogP contribution >= 0.6 is 23.5 Å². The molecule has 4 rings (SSSR count). The van der Waals surface area contributed by atoms with Crippen LogP contribution in [0.2, 0.25) is 0 Å². The first-order chi connectivity index (χ1) is 14.9. The van der Waals surface area contributed by atoms with Crippen LogP contribution in [-0.4, -0.2) is 80.1 Å². The van der Waals surface area contributed by atoms with Crippen LogP contribution in [0.4, 0.5) is 9.59 Å². The highest BCUT2D eigenvalue weighted by Crippen LogP contribution is 2.37. The zero-order valence-corrected chi connectivity index (χ0v) is 19.0. The van der Waals surface area contributed by atoms with Crippen LogP contribution in [0.15, 0.2) is 0 Å². The first-order valence-electron chi connectivity index (χ1n) is 11.1. The number of aliphatic carboxylic acids is 1. The lowest BCUT2D eigenvalue weighted by molar-refractivity contribution is -0.137. The molecular weight excluding hydrogens is 440 g/mol. The van der Waals surface area contributed by atoms with E-state index >= 15 is 0 Å². The Kier molecular flexibility index (Phi) is 7.20. The summed E-state index contributed by atoms with van der Waals surface area (Å²) in [6, 6.07) is -0.103. The second-order valence-corrected chi connectivity index (χ2v) is 11.2. The van der Waals surface area contributed by atoms with Gasteiger partial charge >= 0.3 is 18.0 Å². The molecule has 6 atom stereocenters. The highest BCUT2D eigenvalue weighted by Gasteiger charge is 2.50. The molecular formula is C20H30N4O5S2. The van der Waals surface area contributed by atoms with Crippen molar-refractivity contribution in [2.75, 3.05) is 11.5 Å². The van der Waals surface area contributed by atoms with E-state index in [1.54, 1.807) is 11.8 Å². The minimum atomic E-state index is -0.779. The Labute approximate surface area is 190 Å². The molecule has 0 saturated carbocycles. The van der Waals surface area contributed by atoms with Gasteiger partial charge in [0.25, 0.3) is 0 Å². The molecule has 9 nitrogen and oxygen atoms in total. The smallest absolute Gasteiger partial charge is 0.324 e. The predicted octanol–water partition coefficient (Wildman–Crippen LogP) is 1.76. The Balaban J connectivity index is 1.18. The van der Waals surface area contributed by atoms with E-state index in [-0.39, 0.29) is 53.8 Å². The highest BCUT2D eigenvalue weighted by atomic mass is 32.2. The SMILES string of the molecule is O=C(O)CCCC[C@@H]1SC[C@H]2[C@@H]1NC(=O)N2C(=O)CCCC[C@@H]1SC[C@@H]2NC(=O)N[C@@H]21. The van der Waals surface area contributed by atoms with Gasteiger partial charge in [0.2, 0.25) is 5.91 Å². The molecule has 0 bridgehead atoms. The maximum atomic E-state index is 12.8. The molecule has 4 N–H and O–H groups in total.